The number of amides is 2. The number of rotatable bonds is 7. The second-order valence-electron chi connectivity index (χ2n) is 11.1. The smallest absolute Gasteiger partial charge is 0.243 e. The molecular weight excluding hydrogens is 514 g/mol. The van der Waals surface area contributed by atoms with E-state index < -0.39 is 6.04 Å². The summed E-state index contributed by atoms with van der Waals surface area (Å²) in [6.45, 7) is 1.55. The summed E-state index contributed by atoms with van der Waals surface area (Å²) >= 11 is 0. The summed E-state index contributed by atoms with van der Waals surface area (Å²) in [5.41, 5.74) is 5.43. The Morgan fingerprint density at radius 2 is 1.88 bits per heavy atom. The van der Waals surface area contributed by atoms with Gasteiger partial charge in [-0.25, -0.2) is 4.68 Å². The van der Waals surface area contributed by atoms with E-state index in [9.17, 15) is 14.9 Å². The van der Waals surface area contributed by atoms with Gasteiger partial charge in [-0.2, -0.15) is 5.26 Å². The van der Waals surface area contributed by atoms with Gasteiger partial charge in [0.15, 0.2) is 0 Å². The van der Waals surface area contributed by atoms with Gasteiger partial charge in [0, 0.05) is 26.7 Å². The van der Waals surface area contributed by atoms with Gasteiger partial charge >= 0.3 is 0 Å². The second kappa shape index (κ2) is 11.5. The first-order valence-electron chi connectivity index (χ1n) is 14.1. The molecule has 4 aromatic rings. The van der Waals surface area contributed by atoms with E-state index in [-0.39, 0.29) is 29.7 Å². The first-order valence-corrected chi connectivity index (χ1v) is 14.1. The van der Waals surface area contributed by atoms with Crippen LogP contribution < -0.4 is 10.6 Å². The highest BCUT2D eigenvalue weighted by atomic mass is 16.2. The standard InChI is InChI=1S/C32H33N7O2/c1-38-29-12-11-21(14-27(29)36-37-38)18-35-31(40)30-15-22(13-24-9-5-6-10-25(24)17-33)20-39(30)32(41)28-16-26(19-34-28)23-7-3-2-4-8-23/h2-12,14,22,26,28,30,34H,13,15-16,18-20H2,1H3,(H,35,40). The minimum absolute atomic E-state index is 0.0272. The van der Waals surface area contributed by atoms with Crippen molar-refractivity contribution in [2.24, 2.45) is 13.0 Å². The molecule has 208 valence electrons. The molecule has 2 fully saturated rings. The van der Waals surface area contributed by atoms with Crippen LogP contribution in [-0.2, 0) is 29.6 Å². The van der Waals surface area contributed by atoms with Crippen LogP contribution in [0.2, 0.25) is 0 Å². The number of hydrogen-bond acceptors (Lipinski definition) is 6. The molecule has 1 aromatic heterocycles. The van der Waals surface area contributed by atoms with Crippen LogP contribution >= 0.6 is 0 Å². The minimum Gasteiger partial charge on any atom is -0.350 e. The molecule has 41 heavy (non-hydrogen) atoms. The maximum atomic E-state index is 13.9. The van der Waals surface area contributed by atoms with Gasteiger partial charge in [0.1, 0.15) is 11.6 Å². The Kier molecular flexibility index (Phi) is 7.49. The predicted molar refractivity (Wildman–Crippen MR) is 154 cm³/mol. The molecule has 2 saturated heterocycles. The van der Waals surface area contributed by atoms with Crippen molar-refractivity contribution in [2.45, 2.75) is 43.8 Å². The number of likely N-dealkylation sites (tertiary alicyclic amines) is 1. The molecule has 4 atom stereocenters. The van der Waals surface area contributed by atoms with Gasteiger partial charge in [0.05, 0.1) is 23.2 Å². The van der Waals surface area contributed by atoms with Crippen LogP contribution in [-0.4, -0.2) is 56.9 Å². The van der Waals surface area contributed by atoms with Crippen molar-refractivity contribution < 1.29 is 9.59 Å². The summed E-state index contributed by atoms with van der Waals surface area (Å²) < 4.78 is 1.71. The molecule has 3 heterocycles. The maximum Gasteiger partial charge on any atom is 0.243 e. The molecule has 0 spiro atoms. The van der Waals surface area contributed by atoms with E-state index >= 15 is 0 Å². The summed E-state index contributed by atoms with van der Waals surface area (Å²) in [5.74, 6) is 0.146. The quantitative estimate of drug-likeness (QED) is 0.368. The molecule has 2 aliphatic rings. The summed E-state index contributed by atoms with van der Waals surface area (Å²) in [7, 11) is 1.84. The fraction of sp³-hybridized carbons (Fsp3) is 0.344. The number of aryl methyl sites for hydroxylation is 1. The van der Waals surface area contributed by atoms with E-state index in [1.165, 1.54) is 5.56 Å². The third kappa shape index (κ3) is 5.56. The van der Waals surface area contributed by atoms with E-state index in [1.807, 2.05) is 67.7 Å². The molecule has 2 N–H and O–H groups in total. The number of carbonyl (C=O) groups excluding carboxylic acids is 2. The van der Waals surface area contributed by atoms with E-state index in [0.717, 1.165) is 28.7 Å². The SMILES string of the molecule is Cn1nnc2cc(CNC(=O)C3CC(Cc4ccccc4C#N)CN3C(=O)C3CC(c4ccccc4)CN3)ccc21. The highest BCUT2D eigenvalue weighted by molar-refractivity contribution is 5.90. The van der Waals surface area contributed by atoms with Gasteiger partial charge in [0.2, 0.25) is 11.8 Å². The van der Waals surface area contributed by atoms with Gasteiger partial charge < -0.3 is 15.5 Å². The summed E-state index contributed by atoms with van der Waals surface area (Å²) in [5, 5.41) is 24.3. The number of hydrogen-bond donors (Lipinski definition) is 2. The topological polar surface area (TPSA) is 116 Å². The van der Waals surface area contributed by atoms with Gasteiger partial charge in [-0.3, -0.25) is 9.59 Å². The highest BCUT2D eigenvalue weighted by Crippen LogP contribution is 2.32. The Bertz CT molecular complexity index is 1610. The Balaban J connectivity index is 1.18. The third-order valence-corrected chi connectivity index (χ3v) is 8.46. The van der Waals surface area contributed by atoms with Gasteiger partial charge in [-0.1, -0.05) is 59.8 Å². The van der Waals surface area contributed by atoms with Crippen molar-refractivity contribution >= 4 is 22.8 Å². The Morgan fingerprint density at radius 1 is 1.07 bits per heavy atom. The van der Waals surface area contributed by atoms with Gasteiger partial charge in [0.25, 0.3) is 0 Å². The van der Waals surface area contributed by atoms with E-state index in [0.29, 0.717) is 37.9 Å². The summed E-state index contributed by atoms with van der Waals surface area (Å²) in [6, 6.07) is 25.0. The molecule has 0 bridgehead atoms. The lowest BCUT2D eigenvalue weighted by Crippen LogP contribution is -2.51. The Labute approximate surface area is 239 Å². The van der Waals surface area contributed by atoms with E-state index in [2.05, 4.69) is 39.1 Å². The van der Waals surface area contributed by atoms with Gasteiger partial charge in [-0.05, 0) is 66.0 Å². The molecule has 4 unspecified atom stereocenters. The van der Waals surface area contributed by atoms with Crippen molar-refractivity contribution in [1.82, 2.24) is 30.5 Å². The van der Waals surface area contributed by atoms with Crippen LogP contribution in [0.1, 0.15) is 41.0 Å². The largest absolute Gasteiger partial charge is 0.350 e. The monoisotopic (exact) mass is 547 g/mol. The third-order valence-electron chi connectivity index (χ3n) is 8.46. The highest BCUT2D eigenvalue weighted by Gasteiger charge is 2.43. The lowest BCUT2D eigenvalue weighted by atomic mass is 9.94. The molecule has 0 aliphatic carbocycles. The number of nitrogens with one attached hydrogen (secondary N) is 2. The first kappa shape index (κ1) is 26.7. The van der Waals surface area contributed by atoms with Crippen molar-refractivity contribution in [3.05, 3.63) is 95.1 Å². The van der Waals surface area contributed by atoms with Gasteiger partial charge in [-0.15, -0.1) is 5.10 Å². The van der Waals surface area contributed by atoms with Crippen molar-refractivity contribution in [1.29, 1.82) is 5.26 Å². The zero-order chi connectivity index (χ0) is 28.3. The molecule has 6 rings (SSSR count). The molecule has 0 radical (unpaired) electrons. The van der Waals surface area contributed by atoms with Crippen molar-refractivity contribution in [2.75, 3.05) is 13.1 Å². The van der Waals surface area contributed by atoms with Crippen LogP contribution in [0.15, 0.2) is 72.8 Å². The lowest BCUT2D eigenvalue weighted by molar-refractivity contribution is -0.139. The van der Waals surface area contributed by atoms with Crippen molar-refractivity contribution in [3.63, 3.8) is 0 Å². The second-order valence-corrected chi connectivity index (χ2v) is 11.1. The molecule has 3 aromatic carbocycles. The number of aromatic nitrogens is 3. The minimum atomic E-state index is -0.570. The average molecular weight is 548 g/mol. The molecule has 0 saturated carbocycles. The number of fused-ring (bicyclic) bond motifs is 1. The maximum absolute atomic E-state index is 13.9. The molecule has 2 amide bonds. The van der Waals surface area contributed by atoms with E-state index in [4.69, 9.17) is 0 Å². The number of benzene rings is 3. The first-order chi connectivity index (χ1) is 20.0. The Hall–Kier alpha value is -4.55. The zero-order valence-corrected chi connectivity index (χ0v) is 23.0. The number of carbonyl (C=O) groups is 2. The van der Waals surface area contributed by atoms with Crippen LogP contribution in [0.5, 0.6) is 0 Å². The number of nitrogens with zero attached hydrogens (tertiary/aromatic N) is 5. The lowest BCUT2D eigenvalue weighted by Gasteiger charge is -2.27. The molecular formula is C32H33N7O2. The Morgan fingerprint density at radius 3 is 2.71 bits per heavy atom. The molecule has 2 aliphatic heterocycles. The van der Waals surface area contributed by atoms with Crippen LogP contribution in [0.3, 0.4) is 0 Å². The molecule has 9 heteroatoms. The fourth-order valence-electron chi connectivity index (χ4n) is 6.29. The summed E-state index contributed by atoms with van der Waals surface area (Å²) in [6.07, 6.45) is 1.90. The van der Waals surface area contributed by atoms with E-state index in [1.54, 1.807) is 9.58 Å². The van der Waals surface area contributed by atoms with Crippen molar-refractivity contribution in [3.8, 4) is 6.07 Å². The van der Waals surface area contributed by atoms with Crippen LogP contribution in [0.25, 0.3) is 11.0 Å². The van der Waals surface area contributed by atoms with Crippen LogP contribution in [0, 0.1) is 17.2 Å². The predicted octanol–water partition coefficient (Wildman–Crippen LogP) is 3.06. The fourth-order valence-corrected chi connectivity index (χ4v) is 6.29. The molecule has 9 nitrogen and oxygen atoms in total. The zero-order valence-electron chi connectivity index (χ0n) is 23.0. The summed E-state index contributed by atoms with van der Waals surface area (Å²) in [4.78, 5) is 29.3. The normalized spacial score (nSPS) is 22.1. The number of nitriles is 1. The van der Waals surface area contributed by atoms with Crippen LogP contribution in [0.4, 0.5) is 0 Å². The average Bonchev–Trinajstić information content (AvgIpc) is 3.75.